The van der Waals surface area contributed by atoms with E-state index in [9.17, 15) is 0 Å². The highest BCUT2D eigenvalue weighted by Crippen LogP contribution is 2.14. The molecule has 0 atom stereocenters. The SMILES string of the molecule is Cc1nn(CCN)c(C)c1I. The van der Waals surface area contributed by atoms with E-state index in [4.69, 9.17) is 5.73 Å². The number of nitrogens with zero attached hydrogens (tertiary/aromatic N) is 2. The molecule has 4 heteroatoms. The highest BCUT2D eigenvalue weighted by atomic mass is 127. The molecular formula is C7H12IN3. The monoisotopic (exact) mass is 265 g/mol. The predicted octanol–water partition coefficient (Wildman–Crippen LogP) is 1.06. The Morgan fingerprint density at radius 2 is 2.18 bits per heavy atom. The van der Waals surface area contributed by atoms with Gasteiger partial charge in [-0.1, -0.05) is 0 Å². The molecule has 11 heavy (non-hydrogen) atoms. The van der Waals surface area contributed by atoms with Crippen molar-refractivity contribution in [1.82, 2.24) is 9.78 Å². The summed E-state index contributed by atoms with van der Waals surface area (Å²) < 4.78 is 3.20. The number of halogens is 1. The Kier molecular flexibility index (Phi) is 2.89. The average molecular weight is 265 g/mol. The zero-order valence-electron chi connectivity index (χ0n) is 6.76. The quantitative estimate of drug-likeness (QED) is 0.813. The summed E-state index contributed by atoms with van der Waals surface area (Å²) in [7, 11) is 0. The zero-order valence-corrected chi connectivity index (χ0v) is 8.92. The van der Waals surface area contributed by atoms with Gasteiger partial charge in [0.2, 0.25) is 0 Å². The second kappa shape index (κ2) is 3.53. The van der Waals surface area contributed by atoms with Gasteiger partial charge in [0.05, 0.1) is 15.8 Å². The highest BCUT2D eigenvalue weighted by Gasteiger charge is 2.06. The van der Waals surface area contributed by atoms with Crippen LogP contribution in [0.1, 0.15) is 11.4 Å². The van der Waals surface area contributed by atoms with Gasteiger partial charge >= 0.3 is 0 Å². The minimum Gasteiger partial charge on any atom is -0.329 e. The Labute approximate surface area is 80.1 Å². The number of hydrogen-bond donors (Lipinski definition) is 1. The van der Waals surface area contributed by atoms with Crippen LogP contribution in [0.2, 0.25) is 0 Å². The van der Waals surface area contributed by atoms with Gasteiger partial charge in [0.25, 0.3) is 0 Å². The molecule has 2 N–H and O–H groups in total. The topological polar surface area (TPSA) is 43.8 Å². The van der Waals surface area contributed by atoms with Crippen LogP contribution in [0.15, 0.2) is 0 Å². The molecule has 0 saturated heterocycles. The molecule has 0 aromatic carbocycles. The number of nitrogens with two attached hydrogens (primary N) is 1. The van der Waals surface area contributed by atoms with Crippen LogP contribution in [-0.4, -0.2) is 16.3 Å². The molecule has 1 aromatic heterocycles. The van der Waals surface area contributed by atoms with Gasteiger partial charge in [-0.3, -0.25) is 4.68 Å². The molecule has 62 valence electrons. The van der Waals surface area contributed by atoms with Crippen molar-refractivity contribution in [1.29, 1.82) is 0 Å². The largest absolute Gasteiger partial charge is 0.329 e. The molecule has 0 unspecified atom stereocenters. The van der Waals surface area contributed by atoms with Gasteiger partial charge < -0.3 is 5.73 Å². The second-order valence-corrected chi connectivity index (χ2v) is 3.58. The smallest absolute Gasteiger partial charge is 0.0729 e. The fourth-order valence-electron chi connectivity index (χ4n) is 1.02. The van der Waals surface area contributed by atoms with Crippen LogP contribution in [0, 0.1) is 17.4 Å². The number of rotatable bonds is 2. The van der Waals surface area contributed by atoms with E-state index in [2.05, 4.69) is 34.6 Å². The van der Waals surface area contributed by atoms with Crippen molar-refractivity contribution in [2.45, 2.75) is 20.4 Å². The Balaban J connectivity index is 2.98. The minimum atomic E-state index is 0.651. The predicted molar refractivity (Wildman–Crippen MR) is 53.5 cm³/mol. The molecule has 1 heterocycles. The van der Waals surface area contributed by atoms with E-state index < -0.39 is 0 Å². The molecule has 0 spiro atoms. The van der Waals surface area contributed by atoms with Crippen molar-refractivity contribution in [3.63, 3.8) is 0 Å². The lowest BCUT2D eigenvalue weighted by molar-refractivity contribution is 0.603. The summed E-state index contributed by atoms with van der Waals surface area (Å²) in [5.41, 5.74) is 7.74. The van der Waals surface area contributed by atoms with Crippen molar-refractivity contribution < 1.29 is 0 Å². The number of aromatic nitrogens is 2. The van der Waals surface area contributed by atoms with Crippen LogP contribution in [-0.2, 0) is 6.54 Å². The molecule has 0 aliphatic carbocycles. The van der Waals surface area contributed by atoms with Crippen molar-refractivity contribution in [2.75, 3.05) is 6.54 Å². The lowest BCUT2D eigenvalue weighted by Crippen LogP contribution is -2.12. The fraction of sp³-hybridized carbons (Fsp3) is 0.571. The standard InChI is InChI=1S/C7H12IN3/c1-5-7(8)6(2)11(10-5)4-3-9/h3-4,9H2,1-2H3. The van der Waals surface area contributed by atoms with Crippen LogP contribution >= 0.6 is 22.6 Å². The first-order valence-electron chi connectivity index (χ1n) is 3.56. The molecule has 0 bridgehead atoms. The van der Waals surface area contributed by atoms with Crippen LogP contribution in [0.25, 0.3) is 0 Å². The van der Waals surface area contributed by atoms with E-state index in [1.807, 2.05) is 11.6 Å². The molecule has 1 aromatic rings. The Morgan fingerprint density at radius 3 is 2.55 bits per heavy atom. The molecular weight excluding hydrogens is 253 g/mol. The molecule has 0 aliphatic rings. The normalized spacial score (nSPS) is 10.5. The van der Waals surface area contributed by atoms with Crippen molar-refractivity contribution >= 4 is 22.6 Å². The van der Waals surface area contributed by atoms with Crippen molar-refractivity contribution in [2.24, 2.45) is 5.73 Å². The maximum Gasteiger partial charge on any atom is 0.0729 e. The van der Waals surface area contributed by atoms with Crippen molar-refractivity contribution in [3.8, 4) is 0 Å². The first-order chi connectivity index (χ1) is 5.16. The molecule has 1 rings (SSSR count). The van der Waals surface area contributed by atoms with Crippen LogP contribution in [0.5, 0.6) is 0 Å². The summed E-state index contributed by atoms with van der Waals surface area (Å²) in [6.07, 6.45) is 0. The maximum atomic E-state index is 5.43. The Hall–Kier alpha value is -0.100. The first kappa shape index (κ1) is 8.99. The lowest BCUT2D eigenvalue weighted by Gasteiger charge is -1.99. The summed E-state index contributed by atoms with van der Waals surface area (Å²) in [5, 5.41) is 4.33. The third kappa shape index (κ3) is 1.73. The lowest BCUT2D eigenvalue weighted by atomic mass is 10.4. The minimum absolute atomic E-state index is 0.651. The van der Waals surface area contributed by atoms with E-state index in [1.54, 1.807) is 0 Å². The molecule has 0 saturated carbocycles. The average Bonchev–Trinajstić information content (AvgIpc) is 2.19. The Morgan fingerprint density at radius 1 is 1.55 bits per heavy atom. The summed E-state index contributed by atoms with van der Waals surface area (Å²) in [6, 6.07) is 0. The van der Waals surface area contributed by atoms with Crippen LogP contribution < -0.4 is 5.73 Å². The molecule has 0 amide bonds. The van der Waals surface area contributed by atoms with E-state index in [0.717, 1.165) is 12.2 Å². The second-order valence-electron chi connectivity index (χ2n) is 2.50. The highest BCUT2D eigenvalue weighted by molar-refractivity contribution is 14.1. The van der Waals surface area contributed by atoms with E-state index in [-0.39, 0.29) is 0 Å². The van der Waals surface area contributed by atoms with Gasteiger partial charge in [0, 0.05) is 12.2 Å². The third-order valence-electron chi connectivity index (χ3n) is 1.63. The molecule has 0 fully saturated rings. The number of aryl methyl sites for hydroxylation is 1. The van der Waals surface area contributed by atoms with Gasteiger partial charge in [-0.25, -0.2) is 0 Å². The van der Waals surface area contributed by atoms with Gasteiger partial charge in [0.15, 0.2) is 0 Å². The maximum absolute atomic E-state index is 5.43. The van der Waals surface area contributed by atoms with E-state index >= 15 is 0 Å². The molecule has 0 radical (unpaired) electrons. The summed E-state index contributed by atoms with van der Waals surface area (Å²) >= 11 is 2.31. The van der Waals surface area contributed by atoms with Crippen LogP contribution in [0.3, 0.4) is 0 Å². The number of hydrogen-bond acceptors (Lipinski definition) is 2. The summed E-state index contributed by atoms with van der Waals surface area (Å²) in [4.78, 5) is 0. The van der Waals surface area contributed by atoms with Gasteiger partial charge in [0.1, 0.15) is 0 Å². The van der Waals surface area contributed by atoms with Gasteiger partial charge in [-0.2, -0.15) is 5.10 Å². The van der Waals surface area contributed by atoms with Crippen molar-refractivity contribution in [3.05, 3.63) is 15.0 Å². The van der Waals surface area contributed by atoms with E-state index in [1.165, 1.54) is 9.26 Å². The first-order valence-corrected chi connectivity index (χ1v) is 4.64. The summed E-state index contributed by atoms with van der Waals surface area (Å²) in [6.45, 7) is 5.55. The molecule has 3 nitrogen and oxygen atoms in total. The van der Waals surface area contributed by atoms with Gasteiger partial charge in [-0.05, 0) is 36.4 Å². The Bertz CT molecular complexity index is 254. The van der Waals surface area contributed by atoms with Gasteiger partial charge in [-0.15, -0.1) is 0 Å². The fourth-order valence-corrected chi connectivity index (χ4v) is 1.40. The van der Waals surface area contributed by atoms with E-state index in [0.29, 0.717) is 6.54 Å². The third-order valence-corrected chi connectivity index (χ3v) is 3.20. The van der Waals surface area contributed by atoms with Crippen LogP contribution in [0.4, 0.5) is 0 Å². The summed E-state index contributed by atoms with van der Waals surface area (Å²) in [5.74, 6) is 0. The molecule has 0 aliphatic heterocycles. The zero-order chi connectivity index (χ0) is 8.43.